The number of halogens is 1. The van der Waals surface area contributed by atoms with Crippen molar-refractivity contribution in [1.82, 2.24) is 19.7 Å². The molecule has 0 atom stereocenters. The Balaban J connectivity index is 1.69. The maximum Gasteiger partial charge on any atom is 0.177 e. The fourth-order valence-electron chi connectivity index (χ4n) is 3.59. The maximum atomic E-state index is 12.1. The Bertz CT molecular complexity index is 931. The van der Waals surface area contributed by atoms with E-state index in [2.05, 4.69) is 28.5 Å². The number of piperidine rings is 1. The molecule has 1 aliphatic rings. The molecular weight excluding hydrogens is 384 g/mol. The average Bonchev–Trinajstić information content (AvgIpc) is 2.96. The molecule has 3 heterocycles. The molecule has 2 aromatic rings. The Hall–Kier alpha value is -1.70. The molecule has 8 heteroatoms. The second-order valence-electron chi connectivity index (χ2n) is 7.09. The highest BCUT2D eigenvalue weighted by molar-refractivity contribution is 7.90. The van der Waals surface area contributed by atoms with E-state index < -0.39 is 9.84 Å². The second kappa shape index (κ2) is 8.12. The lowest BCUT2D eigenvalue weighted by Crippen LogP contribution is -2.33. The first-order valence-electron chi connectivity index (χ1n) is 8.99. The summed E-state index contributed by atoms with van der Waals surface area (Å²) in [4.78, 5) is 7.01. The summed E-state index contributed by atoms with van der Waals surface area (Å²) >= 11 is 5.97. The molecule has 1 aliphatic heterocycles. The SMILES string of the molecule is C=CCn1ncc(CN2CCC(c3ncc(Cl)cc3S(C)(=O)=O)CC2)c1C. The van der Waals surface area contributed by atoms with Gasteiger partial charge in [0.25, 0.3) is 0 Å². The van der Waals surface area contributed by atoms with Gasteiger partial charge in [0.2, 0.25) is 0 Å². The Kier molecular flexibility index (Phi) is 6.03. The molecule has 2 aromatic heterocycles. The van der Waals surface area contributed by atoms with Gasteiger partial charge in [-0.1, -0.05) is 17.7 Å². The molecule has 0 spiro atoms. The number of aromatic nitrogens is 3. The predicted molar refractivity (Wildman–Crippen MR) is 107 cm³/mol. The van der Waals surface area contributed by atoms with Gasteiger partial charge in [0.05, 0.1) is 28.4 Å². The lowest BCUT2D eigenvalue weighted by atomic mass is 9.92. The van der Waals surface area contributed by atoms with Crippen LogP contribution in [0, 0.1) is 6.92 Å². The van der Waals surface area contributed by atoms with E-state index in [4.69, 9.17) is 11.6 Å². The van der Waals surface area contributed by atoms with Gasteiger partial charge in [-0.3, -0.25) is 14.6 Å². The summed E-state index contributed by atoms with van der Waals surface area (Å²) in [5.74, 6) is 0.132. The number of nitrogens with zero attached hydrogens (tertiary/aromatic N) is 4. The van der Waals surface area contributed by atoms with Crippen LogP contribution in [0.25, 0.3) is 0 Å². The molecule has 0 radical (unpaired) electrons. The molecule has 3 rings (SSSR count). The molecule has 0 unspecified atom stereocenters. The Morgan fingerprint density at radius 1 is 1.33 bits per heavy atom. The predicted octanol–water partition coefficient (Wildman–Crippen LogP) is 3.21. The van der Waals surface area contributed by atoms with Crippen LogP contribution >= 0.6 is 11.6 Å². The highest BCUT2D eigenvalue weighted by atomic mass is 35.5. The molecular formula is C19H25ClN4O2S. The quantitative estimate of drug-likeness (QED) is 0.686. The first-order chi connectivity index (χ1) is 12.8. The van der Waals surface area contributed by atoms with E-state index in [1.807, 2.05) is 17.0 Å². The minimum atomic E-state index is -3.36. The zero-order chi connectivity index (χ0) is 19.6. The molecule has 27 heavy (non-hydrogen) atoms. The molecule has 0 N–H and O–H groups in total. The van der Waals surface area contributed by atoms with Crippen molar-refractivity contribution in [3.63, 3.8) is 0 Å². The minimum absolute atomic E-state index is 0.132. The van der Waals surface area contributed by atoms with Crippen molar-refractivity contribution in [2.75, 3.05) is 19.3 Å². The first kappa shape index (κ1) is 20.0. The van der Waals surface area contributed by atoms with Crippen molar-refractivity contribution in [2.45, 2.75) is 43.7 Å². The van der Waals surface area contributed by atoms with Gasteiger partial charge in [-0.25, -0.2) is 8.42 Å². The van der Waals surface area contributed by atoms with Crippen LogP contribution in [0.3, 0.4) is 0 Å². The van der Waals surface area contributed by atoms with Crippen LogP contribution in [0.15, 0.2) is 36.0 Å². The number of allylic oxidation sites excluding steroid dienone is 1. The van der Waals surface area contributed by atoms with E-state index in [-0.39, 0.29) is 10.8 Å². The van der Waals surface area contributed by atoms with Crippen molar-refractivity contribution in [2.24, 2.45) is 0 Å². The van der Waals surface area contributed by atoms with Crippen LogP contribution < -0.4 is 0 Å². The topological polar surface area (TPSA) is 68.1 Å². The smallest absolute Gasteiger partial charge is 0.177 e. The molecule has 0 saturated carbocycles. The molecule has 0 amide bonds. The number of pyridine rings is 1. The Labute approximate surface area is 165 Å². The van der Waals surface area contributed by atoms with Crippen molar-refractivity contribution < 1.29 is 8.42 Å². The third kappa shape index (κ3) is 4.59. The monoisotopic (exact) mass is 408 g/mol. The van der Waals surface area contributed by atoms with E-state index in [0.717, 1.165) is 38.2 Å². The molecule has 6 nitrogen and oxygen atoms in total. The third-order valence-electron chi connectivity index (χ3n) is 5.12. The zero-order valence-corrected chi connectivity index (χ0v) is 17.3. The largest absolute Gasteiger partial charge is 0.299 e. The number of hydrogen-bond donors (Lipinski definition) is 0. The van der Waals surface area contributed by atoms with Crippen LogP contribution in [0.5, 0.6) is 0 Å². The van der Waals surface area contributed by atoms with E-state index in [1.165, 1.54) is 24.1 Å². The Morgan fingerprint density at radius 2 is 2.04 bits per heavy atom. The molecule has 146 valence electrons. The molecule has 1 fully saturated rings. The van der Waals surface area contributed by atoms with Gasteiger partial charge in [-0.05, 0) is 38.9 Å². The normalized spacial score (nSPS) is 16.6. The van der Waals surface area contributed by atoms with Crippen molar-refractivity contribution in [3.05, 3.63) is 53.1 Å². The number of sulfone groups is 1. The van der Waals surface area contributed by atoms with Crippen molar-refractivity contribution in [3.8, 4) is 0 Å². The third-order valence-corrected chi connectivity index (χ3v) is 6.46. The fourth-order valence-corrected chi connectivity index (χ4v) is 4.75. The van der Waals surface area contributed by atoms with Gasteiger partial charge in [-0.15, -0.1) is 6.58 Å². The Morgan fingerprint density at radius 3 is 2.67 bits per heavy atom. The summed E-state index contributed by atoms with van der Waals surface area (Å²) in [6.45, 7) is 9.19. The number of rotatable bonds is 6. The van der Waals surface area contributed by atoms with E-state index in [0.29, 0.717) is 17.3 Å². The first-order valence-corrected chi connectivity index (χ1v) is 11.3. The zero-order valence-electron chi connectivity index (χ0n) is 15.7. The molecule has 1 saturated heterocycles. The second-order valence-corrected chi connectivity index (χ2v) is 9.51. The van der Waals surface area contributed by atoms with Gasteiger partial charge < -0.3 is 0 Å². The standard InChI is InChI=1S/C19H25ClN4O2S/c1-4-7-24-14(2)16(11-22-24)13-23-8-5-15(6-9-23)19-18(27(3,25)26)10-17(20)12-21-19/h4,10-12,15H,1,5-9,13H2,2-3H3. The average molecular weight is 409 g/mol. The summed E-state index contributed by atoms with van der Waals surface area (Å²) in [6, 6.07) is 1.52. The number of hydrogen-bond acceptors (Lipinski definition) is 5. The maximum absolute atomic E-state index is 12.1. The van der Waals surface area contributed by atoms with Crippen LogP contribution in [0.4, 0.5) is 0 Å². The van der Waals surface area contributed by atoms with Gasteiger partial charge in [0.1, 0.15) is 0 Å². The van der Waals surface area contributed by atoms with Crippen LogP contribution in [-0.4, -0.2) is 47.4 Å². The number of likely N-dealkylation sites (tertiary alicyclic amines) is 1. The summed E-state index contributed by atoms with van der Waals surface area (Å²) < 4.78 is 26.2. The summed E-state index contributed by atoms with van der Waals surface area (Å²) in [5, 5.41) is 4.76. The van der Waals surface area contributed by atoms with Crippen LogP contribution in [0.2, 0.25) is 5.02 Å². The van der Waals surface area contributed by atoms with E-state index in [9.17, 15) is 8.42 Å². The van der Waals surface area contributed by atoms with E-state index >= 15 is 0 Å². The highest BCUT2D eigenvalue weighted by Gasteiger charge is 2.27. The van der Waals surface area contributed by atoms with E-state index in [1.54, 1.807) is 0 Å². The van der Waals surface area contributed by atoms with Gasteiger partial charge in [0, 0.05) is 36.2 Å². The molecule has 0 aliphatic carbocycles. The lowest BCUT2D eigenvalue weighted by molar-refractivity contribution is 0.202. The van der Waals surface area contributed by atoms with Gasteiger partial charge in [0.15, 0.2) is 9.84 Å². The summed E-state index contributed by atoms with van der Waals surface area (Å²) in [6.07, 6.45) is 8.26. The summed E-state index contributed by atoms with van der Waals surface area (Å²) in [7, 11) is -3.36. The van der Waals surface area contributed by atoms with Crippen LogP contribution in [0.1, 0.15) is 35.7 Å². The van der Waals surface area contributed by atoms with Gasteiger partial charge in [-0.2, -0.15) is 5.10 Å². The highest BCUT2D eigenvalue weighted by Crippen LogP contribution is 2.32. The fraction of sp³-hybridized carbons (Fsp3) is 0.474. The van der Waals surface area contributed by atoms with Crippen LogP contribution in [-0.2, 0) is 22.9 Å². The van der Waals surface area contributed by atoms with Crippen molar-refractivity contribution >= 4 is 21.4 Å². The van der Waals surface area contributed by atoms with Crippen molar-refractivity contribution in [1.29, 1.82) is 0 Å². The minimum Gasteiger partial charge on any atom is -0.299 e. The summed E-state index contributed by atoms with van der Waals surface area (Å²) in [5.41, 5.74) is 3.03. The van der Waals surface area contributed by atoms with Gasteiger partial charge >= 0.3 is 0 Å². The molecule has 0 bridgehead atoms. The molecule has 0 aromatic carbocycles. The lowest BCUT2D eigenvalue weighted by Gasteiger charge is -2.32.